The summed E-state index contributed by atoms with van der Waals surface area (Å²) in [6.07, 6.45) is -0.197. The molecule has 2 aromatic carbocycles. The van der Waals surface area contributed by atoms with Gasteiger partial charge in [-0.05, 0) is 69.7 Å². The topological polar surface area (TPSA) is 71.9 Å². The maximum absolute atomic E-state index is 12.2. The fourth-order valence-corrected chi connectivity index (χ4v) is 3.69. The van der Waals surface area contributed by atoms with Gasteiger partial charge in [-0.2, -0.15) is 0 Å². The van der Waals surface area contributed by atoms with Crippen LogP contribution in [0.15, 0.2) is 42.5 Å². The van der Waals surface area contributed by atoms with Crippen LogP contribution in [0.3, 0.4) is 0 Å². The molecule has 1 aromatic heterocycles. The van der Waals surface area contributed by atoms with Crippen molar-refractivity contribution in [2.45, 2.75) is 45.8 Å². The molecule has 1 atom stereocenters. The molecule has 3 rings (SSSR count). The van der Waals surface area contributed by atoms with Crippen molar-refractivity contribution in [1.82, 2.24) is 4.98 Å². The lowest BCUT2D eigenvalue weighted by atomic mass is 10.2. The van der Waals surface area contributed by atoms with Crippen molar-refractivity contribution in [2.75, 3.05) is 18.6 Å². The summed E-state index contributed by atoms with van der Waals surface area (Å²) in [7, 11) is 1.69. The number of ether oxygens (including phenoxy) is 2. The zero-order valence-corrected chi connectivity index (χ0v) is 18.8. The van der Waals surface area contributed by atoms with E-state index in [0.29, 0.717) is 6.42 Å². The van der Waals surface area contributed by atoms with Crippen LogP contribution in [0.25, 0.3) is 20.8 Å². The van der Waals surface area contributed by atoms with Gasteiger partial charge >= 0.3 is 6.09 Å². The van der Waals surface area contributed by atoms with Gasteiger partial charge in [0.25, 0.3) is 0 Å². The second-order valence-electron chi connectivity index (χ2n) is 8.11. The SMILES string of the molecule is CC[C@@H](O)COc1ccc2nc(-c3ccc(N(C)C(=O)OC(C)(C)C)cc3)sc2c1. The van der Waals surface area contributed by atoms with Gasteiger partial charge in [-0.1, -0.05) is 6.92 Å². The predicted octanol–water partition coefficient (Wildman–Crippen LogP) is 5.48. The Morgan fingerprint density at radius 3 is 2.53 bits per heavy atom. The van der Waals surface area contributed by atoms with Crippen molar-refractivity contribution in [1.29, 1.82) is 0 Å². The van der Waals surface area contributed by atoms with E-state index >= 15 is 0 Å². The normalized spacial score (nSPS) is 12.6. The molecule has 0 aliphatic heterocycles. The Balaban J connectivity index is 1.75. The summed E-state index contributed by atoms with van der Waals surface area (Å²) in [6.45, 7) is 7.73. The van der Waals surface area contributed by atoms with Crippen molar-refractivity contribution < 1.29 is 19.4 Å². The molecule has 30 heavy (non-hydrogen) atoms. The predicted molar refractivity (Wildman–Crippen MR) is 121 cm³/mol. The molecule has 0 fully saturated rings. The Morgan fingerprint density at radius 2 is 1.90 bits per heavy atom. The smallest absolute Gasteiger partial charge is 0.414 e. The Bertz CT molecular complexity index is 1010. The van der Waals surface area contributed by atoms with Crippen LogP contribution >= 0.6 is 11.3 Å². The first-order chi connectivity index (χ1) is 14.2. The van der Waals surface area contributed by atoms with E-state index in [1.165, 1.54) is 4.90 Å². The minimum atomic E-state index is -0.538. The fourth-order valence-electron chi connectivity index (χ4n) is 2.69. The highest BCUT2D eigenvalue weighted by Crippen LogP contribution is 2.33. The summed E-state index contributed by atoms with van der Waals surface area (Å²) in [5, 5.41) is 10.6. The van der Waals surface area contributed by atoms with E-state index in [-0.39, 0.29) is 6.61 Å². The first-order valence-electron chi connectivity index (χ1n) is 9.95. The summed E-state index contributed by atoms with van der Waals surface area (Å²) < 4.78 is 12.1. The summed E-state index contributed by atoms with van der Waals surface area (Å²) in [6, 6.07) is 13.4. The highest BCUT2D eigenvalue weighted by molar-refractivity contribution is 7.21. The molecular weight excluding hydrogens is 400 g/mol. The first-order valence-corrected chi connectivity index (χ1v) is 10.8. The van der Waals surface area contributed by atoms with Gasteiger partial charge in [-0.15, -0.1) is 11.3 Å². The Morgan fingerprint density at radius 1 is 1.20 bits per heavy atom. The highest BCUT2D eigenvalue weighted by Gasteiger charge is 2.20. The second kappa shape index (κ2) is 9.02. The molecule has 0 aliphatic rings. The summed E-state index contributed by atoms with van der Waals surface area (Å²) in [5.74, 6) is 0.722. The van der Waals surface area contributed by atoms with E-state index in [1.54, 1.807) is 18.4 Å². The summed E-state index contributed by atoms with van der Waals surface area (Å²) >= 11 is 1.57. The lowest BCUT2D eigenvalue weighted by molar-refractivity contribution is 0.0589. The maximum Gasteiger partial charge on any atom is 0.414 e. The molecule has 0 bridgehead atoms. The van der Waals surface area contributed by atoms with Gasteiger partial charge in [-0.3, -0.25) is 4.90 Å². The van der Waals surface area contributed by atoms with Crippen molar-refractivity contribution >= 4 is 33.3 Å². The number of carbonyl (C=O) groups is 1. The molecule has 1 amide bonds. The van der Waals surface area contributed by atoms with Gasteiger partial charge in [0.05, 0.1) is 16.3 Å². The number of aliphatic hydroxyl groups excluding tert-OH is 1. The minimum absolute atomic E-state index is 0.278. The lowest BCUT2D eigenvalue weighted by Crippen LogP contribution is -2.34. The van der Waals surface area contributed by atoms with E-state index in [4.69, 9.17) is 14.5 Å². The maximum atomic E-state index is 12.2. The number of amides is 1. The van der Waals surface area contributed by atoms with Crippen LogP contribution in [0.2, 0.25) is 0 Å². The molecule has 0 saturated heterocycles. The minimum Gasteiger partial charge on any atom is -0.491 e. The summed E-state index contributed by atoms with van der Waals surface area (Å²) in [4.78, 5) is 18.4. The highest BCUT2D eigenvalue weighted by atomic mass is 32.1. The first kappa shape index (κ1) is 22.1. The number of aliphatic hydroxyl groups is 1. The molecule has 6 nitrogen and oxygen atoms in total. The van der Waals surface area contributed by atoms with E-state index < -0.39 is 17.8 Å². The molecule has 1 heterocycles. The summed E-state index contributed by atoms with van der Waals surface area (Å²) in [5.41, 5.74) is 2.08. The van der Waals surface area contributed by atoms with Crippen molar-refractivity contribution in [3.63, 3.8) is 0 Å². The molecule has 0 radical (unpaired) electrons. The number of hydrogen-bond donors (Lipinski definition) is 1. The van der Waals surface area contributed by atoms with Gasteiger partial charge in [0.15, 0.2) is 0 Å². The molecule has 0 aliphatic carbocycles. The Hall–Kier alpha value is -2.64. The van der Waals surface area contributed by atoms with Gasteiger partial charge < -0.3 is 14.6 Å². The molecule has 160 valence electrons. The van der Waals surface area contributed by atoms with Crippen LogP contribution in [0.1, 0.15) is 34.1 Å². The van der Waals surface area contributed by atoms with Gasteiger partial charge in [0.1, 0.15) is 23.0 Å². The fraction of sp³-hybridized carbons (Fsp3) is 0.391. The largest absolute Gasteiger partial charge is 0.491 e. The molecule has 1 N–H and O–H groups in total. The Labute approximate surface area is 181 Å². The molecule has 3 aromatic rings. The van der Waals surface area contributed by atoms with E-state index in [2.05, 4.69) is 0 Å². The number of aromatic nitrogens is 1. The number of anilines is 1. The third-order valence-corrected chi connectivity index (χ3v) is 5.51. The van der Waals surface area contributed by atoms with Crippen LogP contribution in [-0.4, -0.2) is 41.5 Å². The van der Waals surface area contributed by atoms with Crippen LogP contribution < -0.4 is 9.64 Å². The number of hydrogen-bond acceptors (Lipinski definition) is 6. The number of rotatable bonds is 6. The molecule has 0 unspecified atom stereocenters. The number of thiazole rings is 1. The Kier molecular flexibility index (Phi) is 6.63. The molecular formula is C23H28N2O4S. The number of fused-ring (bicyclic) bond motifs is 1. The number of nitrogens with zero attached hydrogens (tertiary/aromatic N) is 2. The zero-order chi connectivity index (χ0) is 21.9. The van der Waals surface area contributed by atoms with Crippen molar-refractivity contribution in [3.05, 3.63) is 42.5 Å². The van der Waals surface area contributed by atoms with Gasteiger partial charge in [0, 0.05) is 18.3 Å². The average molecular weight is 429 g/mol. The van der Waals surface area contributed by atoms with Gasteiger partial charge in [-0.25, -0.2) is 9.78 Å². The van der Waals surface area contributed by atoms with E-state index in [1.807, 2.05) is 70.2 Å². The number of benzene rings is 2. The van der Waals surface area contributed by atoms with Crippen molar-refractivity contribution in [2.24, 2.45) is 0 Å². The molecule has 0 saturated carbocycles. The molecule has 7 heteroatoms. The standard InChI is InChI=1S/C23H28N2O4S/c1-6-17(26)14-28-18-11-12-19-20(13-18)30-21(24-19)15-7-9-16(10-8-15)25(5)22(27)29-23(2,3)4/h7-13,17,26H,6,14H2,1-5H3/t17-/m1/s1. The zero-order valence-electron chi connectivity index (χ0n) is 18.0. The monoisotopic (exact) mass is 428 g/mol. The van der Waals surface area contributed by atoms with E-state index in [9.17, 15) is 9.90 Å². The lowest BCUT2D eigenvalue weighted by Gasteiger charge is -2.24. The quantitative estimate of drug-likeness (QED) is 0.562. The van der Waals surface area contributed by atoms with Crippen LogP contribution in [0.4, 0.5) is 10.5 Å². The van der Waals surface area contributed by atoms with Gasteiger partial charge in [0.2, 0.25) is 0 Å². The average Bonchev–Trinajstić information content (AvgIpc) is 3.13. The third-order valence-electron chi connectivity index (χ3n) is 4.44. The van der Waals surface area contributed by atoms with Crippen LogP contribution in [0, 0.1) is 0 Å². The third kappa shape index (κ3) is 5.49. The number of carbonyl (C=O) groups excluding carboxylic acids is 1. The van der Waals surface area contributed by atoms with Crippen LogP contribution in [-0.2, 0) is 4.74 Å². The van der Waals surface area contributed by atoms with Crippen LogP contribution in [0.5, 0.6) is 5.75 Å². The molecule has 0 spiro atoms. The second-order valence-corrected chi connectivity index (χ2v) is 9.14. The van der Waals surface area contributed by atoms with Crippen molar-refractivity contribution in [3.8, 4) is 16.3 Å². The van der Waals surface area contributed by atoms with E-state index in [0.717, 1.165) is 32.2 Å².